The zero-order chi connectivity index (χ0) is 28.8. The van der Waals surface area contributed by atoms with Crippen LogP contribution < -0.4 is 5.32 Å². The van der Waals surface area contributed by atoms with E-state index in [0.717, 1.165) is 40.7 Å². The summed E-state index contributed by atoms with van der Waals surface area (Å²) in [6.45, 7) is 2.99. The van der Waals surface area contributed by atoms with E-state index in [-0.39, 0.29) is 37.9 Å². The molecule has 0 atom stereocenters. The molecule has 2 aliphatic rings. The van der Waals surface area contributed by atoms with Gasteiger partial charge in [0.15, 0.2) is 0 Å². The Labute approximate surface area is 241 Å². The molecule has 1 fully saturated rings. The fourth-order valence-corrected chi connectivity index (χ4v) is 6.29. The molecule has 0 unspecified atom stereocenters. The maximum atomic E-state index is 14.1. The summed E-state index contributed by atoms with van der Waals surface area (Å²) in [7, 11) is 0. The normalized spacial score (nSPS) is 19.6. The molecule has 1 saturated carbocycles. The zero-order valence-corrected chi connectivity index (χ0v) is 23.6. The number of carbonyl (C=O) groups is 3. The number of nitrogens with one attached hydrogen (secondary N) is 1. The second kappa shape index (κ2) is 12.6. The number of nitrogens with zero attached hydrogens (tertiary/aromatic N) is 1. The molecule has 5 rings (SSSR count). The fourth-order valence-electron chi connectivity index (χ4n) is 6.29. The Balaban J connectivity index is 1.28. The van der Waals surface area contributed by atoms with Crippen LogP contribution in [0, 0.1) is 11.3 Å². The summed E-state index contributed by atoms with van der Waals surface area (Å²) in [5.74, 6) is -0.601. The van der Waals surface area contributed by atoms with Crippen molar-refractivity contribution >= 4 is 18.0 Å². The van der Waals surface area contributed by atoms with Crippen molar-refractivity contribution < 1.29 is 24.2 Å². The topological polar surface area (TPSA) is 95.9 Å². The molecule has 7 heteroatoms. The number of benzene rings is 3. The number of carboxylic acid groups (broad SMARTS) is 1. The van der Waals surface area contributed by atoms with E-state index in [2.05, 4.69) is 36.5 Å². The quantitative estimate of drug-likeness (QED) is 0.310. The van der Waals surface area contributed by atoms with Crippen molar-refractivity contribution in [1.82, 2.24) is 10.2 Å². The fraction of sp³-hybridized carbons (Fsp3) is 0.382. The summed E-state index contributed by atoms with van der Waals surface area (Å²) in [6, 6.07) is 26.0. The molecular weight excluding hydrogens is 516 g/mol. The highest BCUT2D eigenvalue weighted by Crippen LogP contribution is 2.44. The number of fused-ring (bicyclic) bond motifs is 3. The molecule has 0 aliphatic heterocycles. The molecule has 0 radical (unpaired) electrons. The van der Waals surface area contributed by atoms with Gasteiger partial charge in [0.05, 0.1) is 11.8 Å². The van der Waals surface area contributed by atoms with E-state index in [4.69, 9.17) is 4.74 Å². The van der Waals surface area contributed by atoms with Gasteiger partial charge in [-0.15, -0.1) is 0 Å². The van der Waals surface area contributed by atoms with E-state index in [0.29, 0.717) is 25.3 Å². The average molecular weight is 555 g/mol. The standard InChI is InChI=1S/C34H38N2O5/c1-24-15-18-34(19-16-24,32(39)36(20-17-31(37)38)21-25-9-3-2-4-10-25)23-35-33(40)41-22-30-28-13-7-5-11-26(28)27-12-6-8-14-29(27)30/h2-14,24,30H,15-23H2,1H3,(H,35,40)(H,37,38). The lowest BCUT2D eigenvalue weighted by Gasteiger charge is -2.41. The molecule has 0 heterocycles. The number of aliphatic carboxylic acids is 1. The Morgan fingerprint density at radius 2 is 1.49 bits per heavy atom. The molecule has 3 aromatic rings. The van der Waals surface area contributed by atoms with Crippen LogP contribution in [0.4, 0.5) is 4.79 Å². The van der Waals surface area contributed by atoms with Crippen molar-refractivity contribution in [2.24, 2.45) is 11.3 Å². The lowest BCUT2D eigenvalue weighted by Crippen LogP contribution is -2.52. The second-order valence-electron chi connectivity index (χ2n) is 11.5. The first-order valence-electron chi connectivity index (χ1n) is 14.5. The van der Waals surface area contributed by atoms with Crippen molar-refractivity contribution in [2.45, 2.75) is 51.5 Å². The van der Waals surface area contributed by atoms with Gasteiger partial charge in [-0.2, -0.15) is 0 Å². The van der Waals surface area contributed by atoms with Crippen LogP contribution in [0.25, 0.3) is 11.1 Å². The lowest BCUT2D eigenvalue weighted by molar-refractivity contribution is -0.146. The van der Waals surface area contributed by atoms with Gasteiger partial charge >= 0.3 is 12.1 Å². The summed E-state index contributed by atoms with van der Waals surface area (Å²) < 4.78 is 5.76. The van der Waals surface area contributed by atoms with Gasteiger partial charge in [0.25, 0.3) is 0 Å². The summed E-state index contributed by atoms with van der Waals surface area (Å²) in [5, 5.41) is 12.3. The van der Waals surface area contributed by atoms with Crippen LogP contribution in [0.5, 0.6) is 0 Å². The van der Waals surface area contributed by atoms with Gasteiger partial charge in [0.2, 0.25) is 5.91 Å². The number of hydrogen-bond acceptors (Lipinski definition) is 4. The van der Waals surface area contributed by atoms with E-state index in [1.807, 2.05) is 54.6 Å². The molecule has 3 aromatic carbocycles. The molecule has 41 heavy (non-hydrogen) atoms. The van der Waals surface area contributed by atoms with E-state index in [9.17, 15) is 19.5 Å². The first-order chi connectivity index (χ1) is 19.9. The minimum Gasteiger partial charge on any atom is -0.481 e. The van der Waals surface area contributed by atoms with Gasteiger partial charge in [-0.3, -0.25) is 9.59 Å². The number of rotatable bonds is 10. The van der Waals surface area contributed by atoms with Crippen LogP contribution in [0.2, 0.25) is 0 Å². The smallest absolute Gasteiger partial charge is 0.407 e. The van der Waals surface area contributed by atoms with Gasteiger partial charge in [0.1, 0.15) is 6.61 Å². The number of alkyl carbamates (subject to hydrolysis) is 1. The average Bonchev–Trinajstić information content (AvgIpc) is 3.32. The SMILES string of the molecule is CC1CCC(CNC(=O)OCC2c3ccccc3-c3ccccc32)(C(=O)N(CCC(=O)O)Cc2ccccc2)CC1. The van der Waals surface area contributed by atoms with Crippen molar-refractivity contribution in [1.29, 1.82) is 0 Å². The minimum atomic E-state index is -0.945. The minimum absolute atomic E-state index is 0.0448. The van der Waals surface area contributed by atoms with Gasteiger partial charge in [-0.05, 0) is 59.4 Å². The predicted octanol–water partition coefficient (Wildman–Crippen LogP) is 6.23. The summed E-state index contributed by atoms with van der Waals surface area (Å²) in [4.78, 5) is 40.2. The van der Waals surface area contributed by atoms with Crippen LogP contribution in [0.3, 0.4) is 0 Å². The number of hydrogen-bond donors (Lipinski definition) is 2. The lowest BCUT2D eigenvalue weighted by atomic mass is 9.69. The van der Waals surface area contributed by atoms with Gasteiger partial charge in [-0.25, -0.2) is 4.79 Å². The highest BCUT2D eigenvalue weighted by molar-refractivity contribution is 5.84. The van der Waals surface area contributed by atoms with Crippen molar-refractivity contribution in [2.75, 3.05) is 19.7 Å². The third-order valence-corrected chi connectivity index (χ3v) is 8.70. The second-order valence-corrected chi connectivity index (χ2v) is 11.5. The van der Waals surface area contributed by atoms with Crippen molar-refractivity contribution in [3.8, 4) is 11.1 Å². The molecule has 7 nitrogen and oxygen atoms in total. The molecule has 0 bridgehead atoms. The van der Waals surface area contributed by atoms with Gasteiger partial charge < -0.3 is 20.1 Å². The Morgan fingerprint density at radius 3 is 2.10 bits per heavy atom. The zero-order valence-electron chi connectivity index (χ0n) is 23.6. The third kappa shape index (κ3) is 6.45. The number of ether oxygens (including phenoxy) is 1. The Bertz CT molecular complexity index is 1340. The first kappa shape index (κ1) is 28.4. The van der Waals surface area contributed by atoms with Crippen LogP contribution in [0.15, 0.2) is 78.9 Å². The van der Waals surface area contributed by atoms with Crippen LogP contribution in [-0.2, 0) is 20.9 Å². The van der Waals surface area contributed by atoms with E-state index >= 15 is 0 Å². The monoisotopic (exact) mass is 554 g/mol. The van der Waals surface area contributed by atoms with Crippen LogP contribution in [-0.4, -0.2) is 47.7 Å². The summed E-state index contributed by atoms with van der Waals surface area (Å²) in [6.07, 6.45) is 2.33. The maximum Gasteiger partial charge on any atom is 0.407 e. The molecule has 2 aliphatic carbocycles. The molecule has 0 spiro atoms. The molecule has 2 amide bonds. The predicted molar refractivity (Wildman–Crippen MR) is 157 cm³/mol. The maximum absolute atomic E-state index is 14.1. The number of carboxylic acids is 1. The molecular formula is C34H38N2O5. The number of amides is 2. The van der Waals surface area contributed by atoms with Crippen LogP contribution in [0.1, 0.15) is 61.6 Å². The third-order valence-electron chi connectivity index (χ3n) is 8.70. The number of carbonyl (C=O) groups excluding carboxylic acids is 2. The summed E-state index contributed by atoms with van der Waals surface area (Å²) in [5.41, 5.74) is 4.75. The van der Waals surface area contributed by atoms with Crippen molar-refractivity contribution in [3.63, 3.8) is 0 Å². The Kier molecular flexibility index (Phi) is 8.72. The first-order valence-corrected chi connectivity index (χ1v) is 14.5. The molecule has 0 aromatic heterocycles. The highest BCUT2D eigenvalue weighted by Gasteiger charge is 2.44. The molecule has 2 N–H and O–H groups in total. The van der Waals surface area contributed by atoms with E-state index in [1.165, 1.54) is 0 Å². The molecule has 0 saturated heterocycles. The summed E-state index contributed by atoms with van der Waals surface area (Å²) >= 11 is 0. The largest absolute Gasteiger partial charge is 0.481 e. The van der Waals surface area contributed by atoms with Gasteiger partial charge in [0, 0.05) is 25.6 Å². The molecule has 214 valence electrons. The van der Waals surface area contributed by atoms with Gasteiger partial charge in [-0.1, -0.05) is 85.8 Å². The van der Waals surface area contributed by atoms with E-state index in [1.54, 1.807) is 4.90 Å². The van der Waals surface area contributed by atoms with Crippen molar-refractivity contribution in [3.05, 3.63) is 95.6 Å². The van der Waals surface area contributed by atoms with Crippen LogP contribution >= 0.6 is 0 Å². The Hall–Kier alpha value is -4.13. The Morgan fingerprint density at radius 1 is 0.902 bits per heavy atom. The highest BCUT2D eigenvalue weighted by atomic mass is 16.5. The van der Waals surface area contributed by atoms with E-state index < -0.39 is 17.5 Å².